The minimum atomic E-state index is -0.0519. The largest absolute Gasteiger partial charge is 0.378 e. The number of carbonyl (C=O) groups is 1. The lowest BCUT2D eigenvalue weighted by Crippen LogP contribution is -2.08. The standard InChI is InChI=1S/C25H20N4OS/c1-28(2)20-9-4-7-18(15-20)17-6-3-8-19(14-17)22-11-12-26-25-21(16-27-29(22)25)24(30)23-10-5-13-31-23/h3-16H,1-2H3. The van der Waals surface area contributed by atoms with E-state index in [1.807, 2.05) is 43.7 Å². The Morgan fingerprint density at radius 3 is 2.48 bits per heavy atom. The molecule has 0 aliphatic heterocycles. The number of rotatable bonds is 5. The van der Waals surface area contributed by atoms with Crippen LogP contribution in [0.15, 0.2) is 84.5 Å². The normalized spacial score (nSPS) is 11.0. The van der Waals surface area contributed by atoms with Crippen LogP contribution in [0, 0.1) is 0 Å². The van der Waals surface area contributed by atoms with Gasteiger partial charge in [-0.15, -0.1) is 11.3 Å². The van der Waals surface area contributed by atoms with E-state index in [4.69, 9.17) is 0 Å². The number of hydrogen-bond acceptors (Lipinski definition) is 5. The maximum absolute atomic E-state index is 12.9. The first-order valence-corrected chi connectivity index (χ1v) is 10.8. The number of thiophene rings is 1. The summed E-state index contributed by atoms with van der Waals surface area (Å²) in [5, 5.41) is 6.39. The minimum Gasteiger partial charge on any atom is -0.378 e. The Hall–Kier alpha value is -3.77. The first kappa shape index (κ1) is 19.2. The molecule has 0 N–H and O–H groups in total. The van der Waals surface area contributed by atoms with E-state index in [-0.39, 0.29) is 5.78 Å². The molecule has 3 heterocycles. The number of carbonyl (C=O) groups excluding carboxylic acids is 1. The molecule has 152 valence electrons. The smallest absolute Gasteiger partial charge is 0.208 e. The molecule has 0 spiro atoms. The van der Waals surface area contributed by atoms with E-state index < -0.39 is 0 Å². The molecule has 2 aromatic carbocycles. The summed E-state index contributed by atoms with van der Waals surface area (Å²) in [6, 6.07) is 22.4. The maximum Gasteiger partial charge on any atom is 0.208 e. The monoisotopic (exact) mass is 424 g/mol. The topological polar surface area (TPSA) is 50.5 Å². The Kier molecular flexibility index (Phi) is 4.84. The van der Waals surface area contributed by atoms with Crippen LogP contribution in [0.4, 0.5) is 5.69 Å². The average molecular weight is 425 g/mol. The van der Waals surface area contributed by atoms with E-state index in [0.717, 1.165) is 28.1 Å². The van der Waals surface area contributed by atoms with E-state index in [2.05, 4.69) is 57.4 Å². The number of hydrogen-bond donors (Lipinski definition) is 0. The van der Waals surface area contributed by atoms with Crippen molar-refractivity contribution in [2.75, 3.05) is 19.0 Å². The Labute approximate surface area is 184 Å². The number of ketones is 1. The van der Waals surface area contributed by atoms with Crippen molar-refractivity contribution in [3.8, 4) is 22.4 Å². The van der Waals surface area contributed by atoms with Gasteiger partial charge in [-0.2, -0.15) is 5.10 Å². The molecule has 0 radical (unpaired) electrons. The predicted molar refractivity (Wildman–Crippen MR) is 126 cm³/mol. The third-order valence-electron chi connectivity index (χ3n) is 5.25. The van der Waals surface area contributed by atoms with Crippen molar-refractivity contribution >= 4 is 28.5 Å². The molecule has 0 saturated carbocycles. The van der Waals surface area contributed by atoms with Crippen LogP contribution in [0.5, 0.6) is 0 Å². The molecule has 3 aromatic heterocycles. The summed E-state index contributed by atoms with van der Waals surface area (Å²) in [5.74, 6) is -0.0519. The maximum atomic E-state index is 12.9. The molecule has 0 saturated heterocycles. The van der Waals surface area contributed by atoms with Gasteiger partial charge < -0.3 is 4.90 Å². The highest BCUT2D eigenvalue weighted by atomic mass is 32.1. The van der Waals surface area contributed by atoms with Crippen molar-refractivity contribution in [2.45, 2.75) is 0 Å². The highest BCUT2D eigenvalue weighted by Crippen LogP contribution is 2.29. The fourth-order valence-corrected chi connectivity index (χ4v) is 4.31. The van der Waals surface area contributed by atoms with Crippen LogP contribution in [-0.2, 0) is 0 Å². The van der Waals surface area contributed by atoms with E-state index >= 15 is 0 Å². The summed E-state index contributed by atoms with van der Waals surface area (Å²) in [4.78, 5) is 20.1. The number of anilines is 1. The highest BCUT2D eigenvalue weighted by Gasteiger charge is 2.18. The van der Waals surface area contributed by atoms with Gasteiger partial charge in [-0.1, -0.05) is 36.4 Å². The fraction of sp³-hybridized carbons (Fsp3) is 0.0800. The first-order valence-electron chi connectivity index (χ1n) is 9.91. The third-order valence-corrected chi connectivity index (χ3v) is 6.11. The minimum absolute atomic E-state index is 0.0519. The molecule has 6 heteroatoms. The summed E-state index contributed by atoms with van der Waals surface area (Å²) in [5.41, 5.74) is 6.40. The fourth-order valence-electron chi connectivity index (χ4n) is 3.63. The molecule has 31 heavy (non-hydrogen) atoms. The molecule has 0 aliphatic rings. The molecule has 5 rings (SSSR count). The number of fused-ring (bicyclic) bond motifs is 1. The van der Waals surface area contributed by atoms with Crippen molar-refractivity contribution in [2.24, 2.45) is 0 Å². The van der Waals surface area contributed by atoms with Gasteiger partial charge in [0.2, 0.25) is 5.78 Å². The van der Waals surface area contributed by atoms with Gasteiger partial charge in [0, 0.05) is 31.5 Å². The Bertz CT molecular complexity index is 1390. The molecule has 5 aromatic rings. The average Bonchev–Trinajstić information content (AvgIpc) is 3.49. The van der Waals surface area contributed by atoms with Crippen LogP contribution in [0.1, 0.15) is 15.2 Å². The van der Waals surface area contributed by atoms with Gasteiger partial charge in [-0.05, 0) is 46.8 Å². The molecule has 0 amide bonds. The summed E-state index contributed by atoms with van der Waals surface area (Å²) in [6.45, 7) is 0. The Balaban J connectivity index is 1.59. The van der Waals surface area contributed by atoms with Crippen molar-refractivity contribution in [1.29, 1.82) is 0 Å². The summed E-state index contributed by atoms with van der Waals surface area (Å²) in [6.07, 6.45) is 3.34. The summed E-state index contributed by atoms with van der Waals surface area (Å²) < 4.78 is 1.75. The van der Waals surface area contributed by atoms with Gasteiger partial charge >= 0.3 is 0 Å². The van der Waals surface area contributed by atoms with Crippen LogP contribution in [0.2, 0.25) is 0 Å². The van der Waals surface area contributed by atoms with Gasteiger partial charge in [-0.25, -0.2) is 9.50 Å². The Morgan fingerprint density at radius 1 is 0.935 bits per heavy atom. The van der Waals surface area contributed by atoms with Crippen LogP contribution in [0.25, 0.3) is 28.0 Å². The highest BCUT2D eigenvalue weighted by molar-refractivity contribution is 7.12. The number of aromatic nitrogens is 3. The van der Waals surface area contributed by atoms with Crippen molar-refractivity contribution in [3.05, 3.63) is 94.9 Å². The molecule has 0 aliphatic carbocycles. The zero-order chi connectivity index (χ0) is 21.4. The number of nitrogens with zero attached hydrogens (tertiary/aromatic N) is 4. The molecular formula is C25H20N4OS. The van der Waals surface area contributed by atoms with Crippen molar-refractivity contribution in [3.63, 3.8) is 0 Å². The van der Waals surface area contributed by atoms with Crippen molar-refractivity contribution < 1.29 is 4.79 Å². The zero-order valence-corrected chi connectivity index (χ0v) is 18.0. The zero-order valence-electron chi connectivity index (χ0n) is 17.2. The van der Waals surface area contributed by atoms with Crippen LogP contribution < -0.4 is 4.90 Å². The van der Waals surface area contributed by atoms with Crippen LogP contribution in [-0.4, -0.2) is 34.5 Å². The quantitative estimate of drug-likeness (QED) is 0.354. The van der Waals surface area contributed by atoms with Crippen LogP contribution in [0.3, 0.4) is 0 Å². The number of benzene rings is 2. The Morgan fingerprint density at radius 2 is 1.71 bits per heavy atom. The van der Waals surface area contributed by atoms with E-state index in [0.29, 0.717) is 16.1 Å². The molecule has 0 atom stereocenters. The SMILES string of the molecule is CN(C)c1cccc(-c2cccc(-c3ccnc4c(C(=O)c5cccs5)cnn34)c2)c1. The summed E-state index contributed by atoms with van der Waals surface area (Å²) >= 11 is 1.42. The van der Waals surface area contributed by atoms with Crippen molar-refractivity contribution in [1.82, 2.24) is 14.6 Å². The van der Waals surface area contributed by atoms with Gasteiger partial charge in [0.1, 0.15) is 0 Å². The van der Waals surface area contributed by atoms with Crippen LogP contribution >= 0.6 is 11.3 Å². The second kappa shape index (κ2) is 7.81. The van der Waals surface area contributed by atoms with E-state index in [1.165, 1.54) is 11.3 Å². The molecule has 0 unspecified atom stereocenters. The predicted octanol–water partition coefficient (Wildman–Crippen LogP) is 5.42. The van der Waals surface area contributed by atoms with Gasteiger partial charge in [-0.3, -0.25) is 4.79 Å². The van der Waals surface area contributed by atoms with Gasteiger partial charge in [0.05, 0.1) is 22.3 Å². The third kappa shape index (κ3) is 3.51. The molecule has 0 fully saturated rings. The molecular weight excluding hydrogens is 404 g/mol. The lowest BCUT2D eigenvalue weighted by atomic mass is 10.0. The lowest BCUT2D eigenvalue weighted by Gasteiger charge is -2.14. The molecule has 0 bridgehead atoms. The van der Waals surface area contributed by atoms with E-state index in [1.54, 1.807) is 16.9 Å². The second-order valence-electron chi connectivity index (χ2n) is 7.46. The first-order chi connectivity index (χ1) is 15.1. The second-order valence-corrected chi connectivity index (χ2v) is 8.40. The van der Waals surface area contributed by atoms with E-state index in [9.17, 15) is 4.79 Å². The summed E-state index contributed by atoms with van der Waals surface area (Å²) in [7, 11) is 4.08. The molecule has 5 nitrogen and oxygen atoms in total. The van der Waals surface area contributed by atoms with Gasteiger partial charge in [0.15, 0.2) is 5.65 Å². The van der Waals surface area contributed by atoms with Gasteiger partial charge in [0.25, 0.3) is 0 Å². The lowest BCUT2D eigenvalue weighted by molar-refractivity contribution is 0.104.